The lowest BCUT2D eigenvalue weighted by Gasteiger charge is -2.31. The summed E-state index contributed by atoms with van der Waals surface area (Å²) in [7, 11) is 0. The Balaban J connectivity index is 1.13. The van der Waals surface area contributed by atoms with Crippen LogP contribution in [0.15, 0.2) is 234 Å². The van der Waals surface area contributed by atoms with Crippen molar-refractivity contribution in [2.45, 2.75) is 6.92 Å². The summed E-state index contributed by atoms with van der Waals surface area (Å²) < 4.78 is 13.7. The molecule has 0 N–H and O–H groups in total. The van der Waals surface area contributed by atoms with Crippen LogP contribution in [0.4, 0.5) is 34.1 Å². The number of benzene rings is 11. The summed E-state index contributed by atoms with van der Waals surface area (Å²) in [6, 6.07) is 79.3. The highest BCUT2D eigenvalue weighted by molar-refractivity contribution is 6.21. The van der Waals surface area contributed by atoms with E-state index < -0.39 is 0 Å². The van der Waals surface area contributed by atoms with E-state index in [1.165, 1.54) is 0 Å². The van der Waals surface area contributed by atoms with E-state index in [9.17, 15) is 10.5 Å². The molecule has 0 aliphatic carbocycles. The van der Waals surface area contributed by atoms with Crippen LogP contribution in [0, 0.1) is 29.6 Å². The molecule has 0 aliphatic heterocycles. The number of rotatable bonds is 9. The molecule has 6 heteroatoms. The van der Waals surface area contributed by atoms with E-state index in [4.69, 9.17) is 8.83 Å². The molecular formula is C67H42N4O2. The van der Waals surface area contributed by atoms with Crippen molar-refractivity contribution >= 4 is 106 Å². The summed E-state index contributed by atoms with van der Waals surface area (Å²) >= 11 is 0. The van der Waals surface area contributed by atoms with Crippen molar-refractivity contribution in [3.63, 3.8) is 0 Å². The Morgan fingerprint density at radius 2 is 0.877 bits per heavy atom. The molecule has 6 nitrogen and oxygen atoms in total. The summed E-state index contributed by atoms with van der Waals surface area (Å²) in [6.45, 7) is 6.75. The van der Waals surface area contributed by atoms with Crippen LogP contribution in [0.1, 0.15) is 22.3 Å². The van der Waals surface area contributed by atoms with Gasteiger partial charge in [0.25, 0.3) is 0 Å². The molecule has 2 heterocycles. The number of nitriles is 2. The minimum atomic E-state index is 0.557. The smallest absolute Gasteiger partial charge is 0.159 e. The first-order valence-electron chi connectivity index (χ1n) is 24.2. The molecular weight excluding hydrogens is 893 g/mol. The molecule has 0 atom stereocenters. The maximum Gasteiger partial charge on any atom is 0.159 e. The van der Waals surface area contributed by atoms with Gasteiger partial charge < -0.3 is 18.6 Å². The van der Waals surface area contributed by atoms with Gasteiger partial charge in [-0.05, 0) is 113 Å². The van der Waals surface area contributed by atoms with Crippen molar-refractivity contribution in [2.75, 3.05) is 9.80 Å². The fourth-order valence-electron chi connectivity index (χ4n) is 10.9. The SMILES string of the molecule is C=Cc1c(N(c2ccc(C#N)cc2-c2ccccc2)c2cccc3c2oc2ccccc23)ccc2ccc3c(N(c4ccc(C#N)cc4-c4ccccc4)c4cccc5c4oc4ccccc45)ccc(C)c3c12. The van der Waals surface area contributed by atoms with Crippen LogP contribution in [0.5, 0.6) is 0 Å². The summed E-state index contributed by atoms with van der Waals surface area (Å²) in [5.41, 5.74) is 15.3. The summed E-state index contributed by atoms with van der Waals surface area (Å²) in [5, 5.41) is 28.8. The number of hydrogen-bond acceptors (Lipinski definition) is 6. The van der Waals surface area contributed by atoms with Crippen molar-refractivity contribution in [1.29, 1.82) is 10.5 Å². The van der Waals surface area contributed by atoms with Crippen LogP contribution < -0.4 is 9.80 Å². The van der Waals surface area contributed by atoms with Gasteiger partial charge in [-0.1, -0.05) is 158 Å². The van der Waals surface area contributed by atoms with E-state index in [2.05, 4.69) is 151 Å². The maximum absolute atomic E-state index is 10.3. The van der Waals surface area contributed by atoms with E-state index in [0.29, 0.717) is 11.1 Å². The molecule has 13 rings (SSSR count). The number of nitrogens with zero attached hydrogens (tertiary/aromatic N) is 4. The maximum atomic E-state index is 10.3. The van der Waals surface area contributed by atoms with Crippen molar-refractivity contribution in [2.24, 2.45) is 0 Å². The fraction of sp³-hybridized carbons (Fsp3) is 0.0149. The molecule has 342 valence electrons. The second-order valence-electron chi connectivity index (χ2n) is 18.3. The van der Waals surface area contributed by atoms with Crippen LogP contribution in [0.2, 0.25) is 0 Å². The van der Waals surface area contributed by atoms with E-state index in [1.807, 2.05) is 109 Å². The van der Waals surface area contributed by atoms with Crippen molar-refractivity contribution in [1.82, 2.24) is 0 Å². The van der Waals surface area contributed by atoms with Crippen molar-refractivity contribution in [3.05, 3.63) is 247 Å². The Hall–Kier alpha value is -10.1. The molecule has 0 saturated heterocycles. The zero-order valence-corrected chi connectivity index (χ0v) is 39.7. The Labute approximate surface area is 421 Å². The van der Waals surface area contributed by atoms with Gasteiger partial charge in [0.1, 0.15) is 11.2 Å². The minimum absolute atomic E-state index is 0.557. The lowest BCUT2D eigenvalue weighted by Crippen LogP contribution is -2.14. The molecule has 0 amide bonds. The van der Waals surface area contributed by atoms with E-state index >= 15 is 0 Å². The highest BCUT2D eigenvalue weighted by Gasteiger charge is 2.28. The van der Waals surface area contributed by atoms with Gasteiger partial charge in [-0.2, -0.15) is 10.5 Å². The first kappa shape index (κ1) is 42.9. The first-order chi connectivity index (χ1) is 36.0. The largest absolute Gasteiger partial charge is 0.454 e. The molecule has 2 aromatic heterocycles. The summed E-state index contributed by atoms with van der Waals surface area (Å²) in [5.74, 6) is 0. The molecule has 0 fully saturated rings. The lowest BCUT2D eigenvalue weighted by atomic mass is 9.91. The second-order valence-corrected chi connectivity index (χ2v) is 18.3. The normalized spacial score (nSPS) is 11.4. The van der Waals surface area contributed by atoms with E-state index in [1.54, 1.807) is 0 Å². The topological polar surface area (TPSA) is 80.3 Å². The summed E-state index contributed by atoms with van der Waals surface area (Å²) in [6.07, 6.45) is 1.97. The van der Waals surface area contributed by atoms with Gasteiger partial charge in [0.05, 0.1) is 57.4 Å². The van der Waals surface area contributed by atoms with Crippen LogP contribution in [-0.4, -0.2) is 0 Å². The molecule has 0 bridgehead atoms. The Morgan fingerprint density at radius 3 is 1.41 bits per heavy atom. The third kappa shape index (κ3) is 6.93. The van der Waals surface area contributed by atoms with Crippen LogP contribution >= 0.6 is 0 Å². The monoisotopic (exact) mass is 934 g/mol. The van der Waals surface area contributed by atoms with Gasteiger partial charge in [-0.3, -0.25) is 0 Å². The quantitative estimate of drug-likeness (QED) is 0.134. The predicted octanol–water partition coefficient (Wildman–Crippen LogP) is 18.8. The molecule has 0 radical (unpaired) electrons. The van der Waals surface area contributed by atoms with Crippen molar-refractivity contribution in [3.8, 4) is 34.4 Å². The minimum Gasteiger partial charge on any atom is -0.454 e. The van der Waals surface area contributed by atoms with Crippen LogP contribution in [0.3, 0.4) is 0 Å². The average molecular weight is 935 g/mol. The third-order valence-corrected chi connectivity index (χ3v) is 14.2. The van der Waals surface area contributed by atoms with Crippen LogP contribution in [-0.2, 0) is 0 Å². The second kappa shape index (κ2) is 17.4. The standard InChI is InChI=1S/C67H42N4O2/c1-3-48-56(70(58-35-29-43(40-68)38-54(58)45-16-6-4-7-17-45)60-24-14-22-51-49-20-10-12-26-62(49)72-66(51)60)37-32-47-31-33-53-57(34-28-42(2)64(53)65(47)48)71(59-36-30-44(41-69)39-55(59)46-18-8-5-9-19-46)61-25-15-23-52-50-21-11-13-27-63(50)73-67(52)61/h3-39H,1H2,2H3. The predicted molar refractivity (Wildman–Crippen MR) is 301 cm³/mol. The Morgan fingerprint density at radius 1 is 0.411 bits per heavy atom. The number of anilines is 6. The van der Waals surface area contributed by atoms with Gasteiger partial charge in [-0.25, -0.2) is 0 Å². The number of para-hydroxylation sites is 4. The molecule has 73 heavy (non-hydrogen) atoms. The molecule has 0 aliphatic rings. The van der Waals surface area contributed by atoms with Gasteiger partial charge in [0, 0.05) is 43.6 Å². The highest BCUT2D eigenvalue weighted by atomic mass is 16.3. The third-order valence-electron chi connectivity index (χ3n) is 14.2. The average Bonchev–Trinajstić information content (AvgIpc) is 4.04. The van der Waals surface area contributed by atoms with Gasteiger partial charge in [0.15, 0.2) is 11.2 Å². The van der Waals surface area contributed by atoms with E-state index in [0.717, 1.165) is 133 Å². The number of fused-ring (bicyclic) bond motifs is 9. The molecule has 0 unspecified atom stereocenters. The Kier molecular flexibility index (Phi) is 10.2. The molecule has 0 saturated carbocycles. The zero-order valence-electron chi connectivity index (χ0n) is 39.7. The number of hydrogen-bond donors (Lipinski definition) is 0. The fourth-order valence-corrected chi connectivity index (χ4v) is 10.9. The van der Waals surface area contributed by atoms with E-state index in [-0.39, 0.29) is 0 Å². The first-order valence-corrected chi connectivity index (χ1v) is 24.2. The molecule has 11 aromatic carbocycles. The zero-order chi connectivity index (χ0) is 49.2. The molecule has 0 spiro atoms. The number of furan rings is 2. The number of aryl methyl sites for hydroxylation is 1. The van der Waals surface area contributed by atoms with Gasteiger partial charge in [-0.15, -0.1) is 0 Å². The highest BCUT2D eigenvalue weighted by Crippen LogP contribution is 2.52. The van der Waals surface area contributed by atoms with Crippen molar-refractivity contribution < 1.29 is 8.83 Å². The van der Waals surface area contributed by atoms with Gasteiger partial charge in [0.2, 0.25) is 0 Å². The van der Waals surface area contributed by atoms with Crippen LogP contribution in [0.25, 0.3) is 93.8 Å². The summed E-state index contributed by atoms with van der Waals surface area (Å²) in [4.78, 5) is 4.58. The Bertz CT molecular complexity index is 4460. The lowest BCUT2D eigenvalue weighted by molar-refractivity contribution is 0.668. The van der Waals surface area contributed by atoms with Gasteiger partial charge >= 0.3 is 0 Å². The molecule has 13 aromatic rings.